The van der Waals surface area contributed by atoms with Crippen molar-refractivity contribution in [1.29, 1.82) is 0 Å². The van der Waals surface area contributed by atoms with Gasteiger partial charge in [0.2, 0.25) is 0 Å². The number of hydrogen-bond acceptors (Lipinski definition) is 6. The molecule has 0 radical (unpaired) electrons. The number of carbonyl (C=O) groups is 2. The SMILES string of the molecule is O=C(NCCCNC(=O)c1cc(-c2cccs2)nc2ccccc12)c1cc(-c2cccs2)nc2ccccc12. The summed E-state index contributed by atoms with van der Waals surface area (Å²) in [4.78, 5) is 37.9. The molecule has 0 bridgehead atoms. The number of benzene rings is 2. The van der Waals surface area contributed by atoms with Crippen LogP contribution in [0.4, 0.5) is 0 Å². The van der Waals surface area contributed by atoms with Crippen molar-refractivity contribution in [2.75, 3.05) is 13.1 Å². The van der Waals surface area contributed by atoms with Gasteiger partial charge in [0.05, 0.1) is 43.3 Å². The maximum absolute atomic E-state index is 13.2. The van der Waals surface area contributed by atoms with Crippen molar-refractivity contribution < 1.29 is 9.59 Å². The van der Waals surface area contributed by atoms with Crippen LogP contribution in [0.1, 0.15) is 27.1 Å². The van der Waals surface area contributed by atoms with E-state index in [0.29, 0.717) is 30.6 Å². The molecule has 4 heterocycles. The molecule has 8 heteroatoms. The van der Waals surface area contributed by atoms with Crippen molar-refractivity contribution in [3.63, 3.8) is 0 Å². The number of hydrogen-bond donors (Lipinski definition) is 2. The number of nitrogens with zero attached hydrogens (tertiary/aromatic N) is 2. The van der Waals surface area contributed by atoms with E-state index in [0.717, 1.165) is 42.9 Å². The Kier molecular flexibility index (Phi) is 7.12. The predicted molar refractivity (Wildman–Crippen MR) is 159 cm³/mol. The summed E-state index contributed by atoms with van der Waals surface area (Å²) in [5, 5.41) is 11.6. The Bertz CT molecular complexity index is 1650. The van der Waals surface area contributed by atoms with Crippen LogP contribution in [0.5, 0.6) is 0 Å². The van der Waals surface area contributed by atoms with E-state index in [4.69, 9.17) is 9.97 Å². The second-order valence-corrected chi connectivity index (χ2v) is 10.9. The average molecular weight is 549 g/mol. The Morgan fingerprint density at radius 1 is 0.615 bits per heavy atom. The van der Waals surface area contributed by atoms with Crippen LogP contribution in [0.15, 0.2) is 95.7 Å². The Morgan fingerprint density at radius 2 is 1.08 bits per heavy atom. The van der Waals surface area contributed by atoms with Gasteiger partial charge in [-0.05, 0) is 53.6 Å². The summed E-state index contributed by atoms with van der Waals surface area (Å²) in [6.45, 7) is 0.864. The highest BCUT2D eigenvalue weighted by Gasteiger charge is 2.16. The fraction of sp³-hybridized carbons (Fsp3) is 0.0968. The fourth-order valence-corrected chi connectivity index (χ4v) is 5.88. The highest BCUT2D eigenvalue weighted by atomic mass is 32.1. The molecule has 0 atom stereocenters. The number of rotatable bonds is 8. The lowest BCUT2D eigenvalue weighted by Gasteiger charge is -2.11. The maximum Gasteiger partial charge on any atom is 0.252 e. The molecule has 0 saturated carbocycles. The number of aromatic nitrogens is 2. The van der Waals surface area contributed by atoms with Gasteiger partial charge >= 0.3 is 0 Å². The third-order valence-electron chi connectivity index (χ3n) is 6.39. The second-order valence-electron chi connectivity index (χ2n) is 8.96. The molecule has 0 fully saturated rings. The Balaban J connectivity index is 1.12. The van der Waals surface area contributed by atoms with Gasteiger partial charge in [0.15, 0.2) is 0 Å². The van der Waals surface area contributed by atoms with Crippen molar-refractivity contribution in [3.05, 3.63) is 107 Å². The van der Waals surface area contributed by atoms with Crippen LogP contribution in [0.3, 0.4) is 0 Å². The zero-order valence-corrected chi connectivity index (χ0v) is 22.5. The molecule has 192 valence electrons. The van der Waals surface area contributed by atoms with Crippen LogP contribution in [0, 0.1) is 0 Å². The molecule has 0 saturated heterocycles. The van der Waals surface area contributed by atoms with Crippen LogP contribution < -0.4 is 10.6 Å². The molecule has 2 aromatic carbocycles. The summed E-state index contributed by atoms with van der Waals surface area (Å²) in [6.07, 6.45) is 0.596. The second kappa shape index (κ2) is 11.1. The molecular formula is C31H24N4O2S2. The minimum atomic E-state index is -0.154. The summed E-state index contributed by atoms with van der Waals surface area (Å²) in [7, 11) is 0. The highest BCUT2D eigenvalue weighted by molar-refractivity contribution is 7.13. The minimum Gasteiger partial charge on any atom is -0.352 e. The molecular weight excluding hydrogens is 525 g/mol. The van der Waals surface area contributed by atoms with Gasteiger partial charge in [-0.2, -0.15) is 0 Å². The van der Waals surface area contributed by atoms with Crippen LogP contribution in [-0.4, -0.2) is 34.9 Å². The topological polar surface area (TPSA) is 84.0 Å². The first-order valence-electron chi connectivity index (χ1n) is 12.6. The van der Waals surface area contributed by atoms with Crippen molar-refractivity contribution in [1.82, 2.24) is 20.6 Å². The smallest absolute Gasteiger partial charge is 0.252 e. The first-order chi connectivity index (χ1) is 19.2. The van der Waals surface area contributed by atoms with E-state index >= 15 is 0 Å². The first kappa shape index (κ1) is 24.9. The van der Waals surface area contributed by atoms with Crippen molar-refractivity contribution in [3.8, 4) is 21.1 Å². The monoisotopic (exact) mass is 548 g/mol. The third kappa shape index (κ3) is 5.30. The summed E-state index contributed by atoms with van der Waals surface area (Å²) in [5.41, 5.74) is 4.33. The molecule has 6 aromatic rings. The maximum atomic E-state index is 13.2. The van der Waals surface area contributed by atoms with Crippen LogP contribution in [0.2, 0.25) is 0 Å². The van der Waals surface area contributed by atoms with Gasteiger partial charge in [-0.1, -0.05) is 48.5 Å². The number of thiophene rings is 2. The number of para-hydroxylation sites is 2. The molecule has 2 amide bonds. The third-order valence-corrected chi connectivity index (χ3v) is 8.18. The summed E-state index contributed by atoms with van der Waals surface area (Å²) >= 11 is 3.19. The number of pyridine rings is 2. The summed E-state index contributed by atoms with van der Waals surface area (Å²) < 4.78 is 0. The van der Waals surface area contributed by atoms with Crippen molar-refractivity contribution in [2.45, 2.75) is 6.42 Å². The summed E-state index contributed by atoms with van der Waals surface area (Å²) in [5.74, 6) is -0.308. The average Bonchev–Trinajstić information content (AvgIpc) is 3.71. The van der Waals surface area contributed by atoms with Crippen LogP contribution in [0.25, 0.3) is 42.9 Å². The Labute approximate surface area is 233 Å². The molecule has 0 spiro atoms. The lowest BCUT2D eigenvalue weighted by molar-refractivity contribution is 0.0953. The van der Waals surface area contributed by atoms with E-state index in [9.17, 15) is 9.59 Å². The van der Waals surface area contributed by atoms with Gasteiger partial charge in [0.25, 0.3) is 11.8 Å². The summed E-state index contributed by atoms with van der Waals surface area (Å²) in [6, 6.07) is 27.0. The van der Waals surface area contributed by atoms with Crippen molar-refractivity contribution >= 4 is 56.3 Å². The molecule has 6 rings (SSSR count). The lowest BCUT2D eigenvalue weighted by Crippen LogP contribution is -2.30. The molecule has 0 aliphatic heterocycles. The van der Waals surface area contributed by atoms with E-state index < -0.39 is 0 Å². The standard InChI is InChI=1S/C31H24N4O2S2/c36-30(22-18-26(28-12-5-16-38-28)34-24-10-3-1-8-20(22)24)32-14-7-15-33-31(37)23-19-27(29-13-6-17-39-29)35-25-11-4-2-9-21(23)25/h1-6,8-13,16-19H,7,14-15H2,(H,32,36)(H,33,37). The fourth-order valence-electron chi connectivity index (χ4n) is 4.51. The number of nitrogens with one attached hydrogen (secondary N) is 2. The van der Waals surface area contributed by atoms with E-state index in [1.54, 1.807) is 22.7 Å². The number of amides is 2. The van der Waals surface area contributed by atoms with Gasteiger partial charge in [-0.25, -0.2) is 9.97 Å². The molecule has 39 heavy (non-hydrogen) atoms. The minimum absolute atomic E-state index is 0.154. The quantitative estimate of drug-likeness (QED) is 0.205. The normalized spacial score (nSPS) is 11.1. The van der Waals surface area contributed by atoms with Gasteiger partial charge in [0, 0.05) is 23.9 Å². The molecule has 4 aromatic heterocycles. The number of fused-ring (bicyclic) bond motifs is 2. The molecule has 0 unspecified atom stereocenters. The van der Waals surface area contributed by atoms with E-state index in [-0.39, 0.29) is 11.8 Å². The van der Waals surface area contributed by atoms with Crippen molar-refractivity contribution in [2.24, 2.45) is 0 Å². The lowest BCUT2D eigenvalue weighted by atomic mass is 10.1. The molecule has 6 nitrogen and oxygen atoms in total. The van der Waals surface area contributed by atoms with Gasteiger partial charge in [-0.15, -0.1) is 22.7 Å². The zero-order chi connectivity index (χ0) is 26.6. The van der Waals surface area contributed by atoms with Crippen LogP contribution >= 0.6 is 22.7 Å². The Hall–Kier alpha value is -4.40. The zero-order valence-electron chi connectivity index (χ0n) is 20.9. The van der Waals surface area contributed by atoms with E-state index in [1.165, 1.54) is 0 Å². The van der Waals surface area contributed by atoms with E-state index in [2.05, 4.69) is 10.6 Å². The van der Waals surface area contributed by atoms with E-state index in [1.807, 2.05) is 95.7 Å². The van der Waals surface area contributed by atoms with Gasteiger partial charge < -0.3 is 10.6 Å². The van der Waals surface area contributed by atoms with Gasteiger partial charge in [0.1, 0.15) is 0 Å². The van der Waals surface area contributed by atoms with Crippen LogP contribution in [-0.2, 0) is 0 Å². The Morgan fingerprint density at radius 3 is 1.51 bits per heavy atom. The first-order valence-corrected chi connectivity index (χ1v) is 14.4. The van der Waals surface area contributed by atoms with Gasteiger partial charge in [-0.3, -0.25) is 9.59 Å². The molecule has 0 aliphatic rings. The molecule has 2 N–H and O–H groups in total. The molecule has 0 aliphatic carbocycles. The largest absolute Gasteiger partial charge is 0.352 e. The predicted octanol–water partition coefficient (Wildman–Crippen LogP) is 6.79. The number of carbonyl (C=O) groups excluding carboxylic acids is 2. The highest BCUT2D eigenvalue weighted by Crippen LogP contribution is 2.29.